The van der Waals surface area contributed by atoms with E-state index in [0.29, 0.717) is 18.6 Å². The Morgan fingerprint density at radius 3 is 2.78 bits per heavy atom. The molecule has 18 heavy (non-hydrogen) atoms. The highest BCUT2D eigenvalue weighted by Gasteiger charge is 2.31. The van der Waals surface area contributed by atoms with Crippen LogP contribution in [0.25, 0.3) is 0 Å². The molecule has 1 unspecified atom stereocenters. The summed E-state index contributed by atoms with van der Waals surface area (Å²) < 4.78 is 42.7. The van der Waals surface area contributed by atoms with Crippen molar-refractivity contribution >= 4 is 5.78 Å². The Labute approximate surface area is 103 Å². The van der Waals surface area contributed by atoms with Gasteiger partial charge in [-0.05, 0) is 24.5 Å². The summed E-state index contributed by atoms with van der Waals surface area (Å²) in [4.78, 5) is 11.8. The van der Waals surface area contributed by atoms with E-state index in [2.05, 4.69) is 0 Å². The van der Waals surface area contributed by atoms with Gasteiger partial charge in [-0.1, -0.05) is 18.2 Å². The quantitative estimate of drug-likeness (QED) is 0.833. The summed E-state index contributed by atoms with van der Waals surface area (Å²) in [5, 5.41) is 0. The fourth-order valence-corrected chi connectivity index (χ4v) is 2.00. The minimum Gasteiger partial charge on any atom is -0.370 e. The summed E-state index contributed by atoms with van der Waals surface area (Å²) in [6.45, 7) is 0.555. The lowest BCUT2D eigenvalue weighted by molar-refractivity contribution is -0.137. The number of hydrogen-bond donors (Lipinski definition) is 0. The van der Waals surface area contributed by atoms with E-state index in [1.807, 2.05) is 0 Å². The van der Waals surface area contributed by atoms with Crippen LogP contribution in [-0.2, 0) is 22.1 Å². The summed E-state index contributed by atoms with van der Waals surface area (Å²) in [6, 6.07) is 4.87. The number of carbonyl (C=O) groups is 1. The van der Waals surface area contributed by atoms with Gasteiger partial charge in [0.25, 0.3) is 0 Å². The van der Waals surface area contributed by atoms with Crippen molar-refractivity contribution in [1.29, 1.82) is 0 Å². The molecule has 1 aromatic rings. The second kappa shape index (κ2) is 5.10. The number of rotatable bonds is 3. The average molecular weight is 258 g/mol. The van der Waals surface area contributed by atoms with Crippen LogP contribution in [0.15, 0.2) is 24.3 Å². The van der Waals surface area contributed by atoms with Crippen LogP contribution in [-0.4, -0.2) is 18.5 Å². The van der Waals surface area contributed by atoms with Crippen molar-refractivity contribution in [2.75, 3.05) is 6.61 Å². The Morgan fingerprint density at radius 1 is 1.39 bits per heavy atom. The van der Waals surface area contributed by atoms with E-state index in [9.17, 15) is 18.0 Å². The van der Waals surface area contributed by atoms with Crippen LogP contribution >= 0.6 is 0 Å². The van der Waals surface area contributed by atoms with Gasteiger partial charge in [0.1, 0.15) is 6.10 Å². The van der Waals surface area contributed by atoms with E-state index in [1.54, 1.807) is 0 Å². The van der Waals surface area contributed by atoms with Gasteiger partial charge in [-0.3, -0.25) is 4.79 Å². The van der Waals surface area contributed by atoms with Crippen molar-refractivity contribution < 1.29 is 22.7 Å². The molecule has 1 fully saturated rings. The fourth-order valence-electron chi connectivity index (χ4n) is 2.00. The molecule has 0 amide bonds. The van der Waals surface area contributed by atoms with E-state index in [1.165, 1.54) is 12.1 Å². The number of hydrogen-bond acceptors (Lipinski definition) is 2. The molecule has 1 aliphatic heterocycles. The van der Waals surface area contributed by atoms with Gasteiger partial charge in [0.2, 0.25) is 0 Å². The lowest BCUT2D eigenvalue weighted by Gasteiger charge is -2.10. The molecule has 0 N–H and O–H groups in total. The summed E-state index contributed by atoms with van der Waals surface area (Å²) in [7, 11) is 0. The number of ether oxygens (including phenoxy) is 1. The van der Waals surface area contributed by atoms with Crippen molar-refractivity contribution in [3.8, 4) is 0 Å². The fraction of sp³-hybridized carbons (Fsp3) is 0.462. The zero-order chi connectivity index (χ0) is 13.2. The van der Waals surface area contributed by atoms with Gasteiger partial charge in [0.15, 0.2) is 5.78 Å². The third-order valence-corrected chi connectivity index (χ3v) is 2.92. The number of alkyl halides is 3. The molecule has 1 aliphatic rings. The molecule has 0 saturated carbocycles. The van der Waals surface area contributed by atoms with E-state index in [4.69, 9.17) is 4.74 Å². The van der Waals surface area contributed by atoms with Crippen molar-refractivity contribution in [2.45, 2.75) is 31.5 Å². The summed E-state index contributed by atoms with van der Waals surface area (Å²) in [6.07, 6.45) is -3.33. The minimum atomic E-state index is -4.37. The van der Waals surface area contributed by atoms with Gasteiger partial charge in [-0.25, -0.2) is 0 Å². The molecule has 1 aromatic carbocycles. The topological polar surface area (TPSA) is 26.3 Å². The first-order chi connectivity index (χ1) is 8.47. The molecule has 5 heteroatoms. The third kappa shape index (κ3) is 3.10. The molecule has 2 nitrogen and oxygen atoms in total. The van der Waals surface area contributed by atoms with Crippen LogP contribution < -0.4 is 0 Å². The molecule has 0 spiro atoms. The van der Waals surface area contributed by atoms with Crippen molar-refractivity contribution in [3.63, 3.8) is 0 Å². The summed E-state index contributed by atoms with van der Waals surface area (Å²) in [5.41, 5.74) is -0.342. The smallest absolute Gasteiger partial charge is 0.370 e. The zero-order valence-corrected chi connectivity index (χ0v) is 9.67. The predicted octanol–water partition coefficient (Wildman–Crippen LogP) is 3.00. The third-order valence-electron chi connectivity index (χ3n) is 2.92. The molecule has 1 saturated heterocycles. The molecule has 0 radical (unpaired) electrons. The highest BCUT2D eigenvalue weighted by atomic mass is 19.4. The largest absolute Gasteiger partial charge is 0.416 e. The maximum Gasteiger partial charge on any atom is 0.416 e. The van der Waals surface area contributed by atoms with Crippen molar-refractivity contribution in [1.82, 2.24) is 0 Å². The maximum absolute atomic E-state index is 12.5. The Balaban J connectivity index is 2.07. The van der Waals surface area contributed by atoms with E-state index in [-0.39, 0.29) is 12.2 Å². The summed E-state index contributed by atoms with van der Waals surface area (Å²) in [5.74, 6) is -0.146. The lowest BCUT2D eigenvalue weighted by Crippen LogP contribution is -2.21. The molecular weight excluding hydrogens is 245 g/mol. The maximum atomic E-state index is 12.5. The van der Waals surface area contributed by atoms with Gasteiger partial charge in [0, 0.05) is 13.0 Å². The predicted molar refractivity (Wildman–Crippen MR) is 59.1 cm³/mol. The second-order valence-electron chi connectivity index (χ2n) is 4.34. The number of ketones is 1. The zero-order valence-electron chi connectivity index (χ0n) is 9.67. The molecule has 0 aliphatic carbocycles. The van der Waals surface area contributed by atoms with Crippen LogP contribution in [0.3, 0.4) is 0 Å². The molecular formula is C13H13F3O2. The summed E-state index contributed by atoms with van der Waals surface area (Å²) >= 11 is 0. The monoisotopic (exact) mass is 258 g/mol. The van der Waals surface area contributed by atoms with E-state index < -0.39 is 17.8 Å². The average Bonchev–Trinajstić information content (AvgIpc) is 2.81. The van der Waals surface area contributed by atoms with Crippen LogP contribution in [0.1, 0.15) is 24.0 Å². The molecule has 0 aromatic heterocycles. The highest BCUT2D eigenvalue weighted by Crippen LogP contribution is 2.29. The lowest BCUT2D eigenvalue weighted by atomic mass is 10.0. The van der Waals surface area contributed by atoms with Crippen molar-refractivity contribution in [3.05, 3.63) is 35.4 Å². The SMILES string of the molecule is O=C(Cc1cccc(C(F)(F)F)c1)C1CCCO1. The number of Topliss-reactive ketones (excluding diaryl/α,β-unsaturated/α-hetero) is 1. The number of benzene rings is 1. The highest BCUT2D eigenvalue weighted by molar-refractivity contribution is 5.85. The Hall–Kier alpha value is -1.36. The van der Waals surface area contributed by atoms with Gasteiger partial charge in [-0.15, -0.1) is 0 Å². The molecule has 1 heterocycles. The first-order valence-electron chi connectivity index (χ1n) is 5.77. The number of halogens is 3. The molecule has 98 valence electrons. The van der Waals surface area contributed by atoms with Crippen LogP contribution in [0, 0.1) is 0 Å². The van der Waals surface area contributed by atoms with Crippen LogP contribution in [0.4, 0.5) is 13.2 Å². The standard InChI is InChI=1S/C13H13F3O2/c14-13(15,16)10-4-1-3-9(7-10)8-11(17)12-5-2-6-18-12/h1,3-4,7,12H,2,5-6,8H2. The molecule has 0 bridgehead atoms. The first kappa shape index (κ1) is 13.1. The van der Waals surface area contributed by atoms with Gasteiger partial charge in [-0.2, -0.15) is 13.2 Å². The molecule has 2 rings (SSSR count). The molecule has 1 atom stereocenters. The van der Waals surface area contributed by atoms with Crippen LogP contribution in [0.2, 0.25) is 0 Å². The second-order valence-corrected chi connectivity index (χ2v) is 4.34. The Morgan fingerprint density at radius 2 is 2.17 bits per heavy atom. The minimum absolute atomic E-state index is 0.00537. The van der Waals surface area contributed by atoms with Gasteiger partial charge >= 0.3 is 6.18 Å². The normalized spacial score (nSPS) is 20.1. The van der Waals surface area contributed by atoms with E-state index >= 15 is 0 Å². The van der Waals surface area contributed by atoms with Crippen molar-refractivity contribution in [2.24, 2.45) is 0 Å². The van der Waals surface area contributed by atoms with Gasteiger partial charge < -0.3 is 4.74 Å². The van der Waals surface area contributed by atoms with Crippen LogP contribution in [0.5, 0.6) is 0 Å². The Kier molecular flexibility index (Phi) is 3.71. The van der Waals surface area contributed by atoms with Gasteiger partial charge in [0.05, 0.1) is 5.56 Å². The van der Waals surface area contributed by atoms with E-state index in [0.717, 1.165) is 18.6 Å². The number of carbonyl (C=O) groups excluding carboxylic acids is 1. The Bertz CT molecular complexity index is 434. The first-order valence-corrected chi connectivity index (χ1v) is 5.77.